The normalized spacial score (nSPS) is 13.2. The minimum Gasteiger partial charge on any atom is -0.481 e. The average Bonchev–Trinajstić information content (AvgIpc) is 2.61. The van der Waals surface area contributed by atoms with Crippen LogP contribution in [0.4, 0.5) is 0 Å². The van der Waals surface area contributed by atoms with Gasteiger partial charge in [0.05, 0.1) is 20.6 Å². The van der Waals surface area contributed by atoms with Crippen molar-refractivity contribution in [2.75, 3.05) is 14.2 Å². The van der Waals surface area contributed by atoms with Crippen LogP contribution in [0.1, 0.15) is 36.6 Å². The smallest absolute Gasteiger partial charge is 0.307 e. The molecule has 1 aromatic carbocycles. The van der Waals surface area contributed by atoms with Crippen LogP contribution in [-0.4, -0.2) is 25.2 Å². The van der Waals surface area contributed by atoms with Crippen LogP contribution in [0.5, 0.6) is 5.88 Å². The first-order valence-electron chi connectivity index (χ1n) is 7.51. The van der Waals surface area contributed by atoms with Crippen molar-refractivity contribution >= 4 is 5.97 Å². The van der Waals surface area contributed by atoms with Crippen LogP contribution in [0.25, 0.3) is 0 Å². The molecule has 1 unspecified atom stereocenters. The van der Waals surface area contributed by atoms with Gasteiger partial charge in [0.1, 0.15) is 0 Å². The summed E-state index contributed by atoms with van der Waals surface area (Å²) in [7, 11) is 2.97. The highest BCUT2D eigenvalue weighted by molar-refractivity contribution is 5.70. The van der Waals surface area contributed by atoms with Crippen molar-refractivity contribution < 1.29 is 14.3 Å². The topological polar surface area (TPSA) is 60.5 Å². The van der Waals surface area contributed by atoms with Gasteiger partial charge in [-0.1, -0.05) is 36.4 Å². The molecule has 0 aliphatic heterocycles. The maximum atomic E-state index is 11.7. The molecule has 2 aromatic rings. The monoisotopic (exact) mass is 314 g/mol. The Bertz CT molecular complexity index is 614. The third kappa shape index (κ3) is 4.79. The molecule has 0 bridgehead atoms. The molecule has 1 aromatic heterocycles. The second-order valence-electron chi connectivity index (χ2n) is 5.27. The number of esters is 1. The predicted octanol–water partition coefficient (Wildman–Crippen LogP) is 3.05. The van der Waals surface area contributed by atoms with Crippen molar-refractivity contribution in [3.63, 3.8) is 0 Å². The van der Waals surface area contributed by atoms with E-state index in [4.69, 9.17) is 9.47 Å². The molecular weight excluding hydrogens is 292 g/mol. The maximum absolute atomic E-state index is 11.7. The molecule has 0 fully saturated rings. The van der Waals surface area contributed by atoms with E-state index in [2.05, 4.69) is 29.4 Å². The van der Waals surface area contributed by atoms with Crippen molar-refractivity contribution in [2.45, 2.75) is 25.4 Å². The highest BCUT2D eigenvalue weighted by Gasteiger charge is 2.19. The zero-order chi connectivity index (χ0) is 16.7. The molecule has 2 atom stereocenters. The van der Waals surface area contributed by atoms with E-state index < -0.39 is 0 Å². The Labute approximate surface area is 136 Å². The number of benzene rings is 1. The van der Waals surface area contributed by atoms with Crippen LogP contribution in [0.15, 0.2) is 48.7 Å². The molecule has 1 heterocycles. The van der Waals surface area contributed by atoms with Gasteiger partial charge in [-0.3, -0.25) is 4.79 Å². The van der Waals surface area contributed by atoms with E-state index in [0.29, 0.717) is 5.88 Å². The third-order valence-corrected chi connectivity index (χ3v) is 3.72. The Hall–Kier alpha value is -2.40. The lowest BCUT2D eigenvalue weighted by molar-refractivity contribution is -0.141. The summed E-state index contributed by atoms with van der Waals surface area (Å²) < 4.78 is 9.89. The van der Waals surface area contributed by atoms with Crippen molar-refractivity contribution in [3.8, 4) is 5.88 Å². The second-order valence-corrected chi connectivity index (χ2v) is 5.27. The average molecular weight is 314 g/mol. The number of nitrogens with one attached hydrogen (secondary N) is 1. The lowest BCUT2D eigenvalue weighted by Gasteiger charge is -2.23. The zero-order valence-corrected chi connectivity index (χ0v) is 13.7. The lowest BCUT2D eigenvalue weighted by atomic mass is 10.0. The van der Waals surface area contributed by atoms with Gasteiger partial charge in [-0.2, -0.15) is 0 Å². The van der Waals surface area contributed by atoms with Crippen molar-refractivity contribution in [1.82, 2.24) is 10.3 Å². The summed E-state index contributed by atoms with van der Waals surface area (Å²) in [6.07, 6.45) is 1.96. The number of carbonyl (C=O) groups excluding carboxylic acids is 1. The van der Waals surface area contributed by atoms with E-state index in [1.54, 1.807) is 19.4 Å². The molecule has 0 saturated heterocycles. The number of nitrogens with zero attached hydrogens (tertiary/aromatic N) is 1. The summed E-state index contributed by atoms with van der Waals surface area (Å²) in [5, 5.41) is 3.47. The lowest BCUT2D eigenvalue weighted by Crippen LogP contribution is -2.27. The van der Waals surface area contributed by atoms with E-state index in [1.807, 2.05) is 24.3 Å². The first-order chi connectivity index (χ1) is 11.1. The van der Waals surface area contributed by atoms with E-state index in [-0.39, 0.29) is 24.5 Å². The fourth-order valence-corrected chi connectivity index (χ4v) is 2.38. The summed E-state index contributed by atoms with van der Waals surface area (Å²) in [5.41, 5.74) is 2.07. The van der Waals surface area contributed by atoms with Crippen LogP contribution in [-0.2, 0) is 9.53 Å². The minimum atomic E-state index is -0.265. The number of aromatic nitrogens is 1. The van der Waals surface area contributed by atoms with Crippen LogP contribution in [0.3, 0.4) is 0 Å². The van der Waals surface area contributed by atoms with Gasteiger partial charge in [-0.05, 0) is 18.1 Å². The zero-order valence-electron chi connectivity index (χ0n) is 13.7. The van der Waals surface area contributed by atoms with Gasteiger partial charge in [-0.25, -0.2) is 4.98 Å². The molecule has 5 nitrogen and oxygen atoms in total. The second kappa shape index (κ2) is 8.29. The highest BCUT2D eigenvalue weighted by atomic mass is 16.5. The summed E-state index contributed by atoms with van der Waals surface area (Å²) in [6, 6.07) is 13.7. The van der Waals surface area contributed by atoms with Gasteiger partial charge in [0.15, 0.2) is 0 Å². The quantitative estimate of drug-likeness (QED) is 0.796. The first-order valence-corrected chi connectivity index (χ1v) is 7.51. The third-order valence-electron chi connectivity index (χ3n) is 3.72. The minimum absolute atomic E-state index is 0.0907. The summed E-state index contributed by atoms with van der Waals surface area (Å²) in [5.74, 6) is 0.278. The number of hydrogen-bond acceptors (Lipinski definition) is 5. The molecule has 2 rings (SSSR count). The van der Waals surface area contributed by atoms with Crippen LogP contribution < -0.4 is 10.1 Å². The molecule has 23 heavy (non-hydrogen) atoms. The molecule has 1 N–H and O–H groups in total. The van der Waals surface area contributed by atoms with Crippen molar-refractivity contribution in [2.24, 2.45) is 0 Å². The van der Waals surface area contributed by atoms with Gasteiger partial charge in [0.25, 0.3) is 0 Å². The Balaban J connectivity index is 2.17. The van der Waals surface area contributed by atoms with E-state index in [0.717, 1.165) is 11.1 Å². The molecule has 0 aliphatic carbocycles. The van der Waals surface area contributed by atoms with E-state index in [1.165, 1.54) is 7.11 Å². The SMILES string of the molecule is COC(=O)CC(N[C@@H](C)c1ccccc1)c1ccc(OC)nc1. The Morgan fingerprint density at radius 1 is 1.13 bits per heavy atom. The number of ether oxygens (including phenoxy) is 2. The standard InChI is InChI=1S/C18H22N2O3/c1-13(14-7-5-4-6-8-14)20-16(11-18(21)23-3)15-9-10-17(22-2)19-12-15/h4-10,12-13,16,20H,11H2,1-3H3/t13-,16?/m0/s1. The van der Waals surface area contributed by atoms with Crippen molar-refractivity contribution in [3.05, 3.63) is 59.8 Å². The number of pyridine rings is 1. The van der Waals surface area contributed by atoms with Gasteiger partial charge in [0, 0.05) is 24.3 Å². The molecule has 0 saturated carbocycles. The molecule has 0 amide bonds. The molecule has 0 radical (unpaired) electrons. The van der Waals surface area contributed by atoms with Gasteiger partial charge < -0.3 is 14.8 Å². The fraction of sp³-hybridized carbons (Fsp3) is 0.333. The molecular formula is C18H22N2O3. The van der Waals surface area contributed by atoms with Gasteiger partial charge in [-0.15, -0.1) is 0 Å². The number of methoxy groups -OCH3 is 2. The van der Waals surface area contributed by atoms with Crippen LogP contribution >= 0.6 is 0 Å². The first kappa shape index (κ1) is 17.0. The summed E-state index contributed by atoms with van der Waals surface area (Å²) in [4.78, 5) is 15.9. The summed E-state index contributed by atoms with van der Waals surface area (Å²) >= 11 is 0. The largest absolute Gasteiger partial charge is 0.481 e. The molecule has 5 heteroatoms. The Kier molecular flexibility index (Phi) is 6.11. The molecule has 0 aliphatic rings. The molecule has 122 valence electrons. The summed E-state index contributed by atoms with van der Waals surface area (Å²) in [6.45, 7) is 2.07. The van der Waals surface area contributed by atoms with Crippen LogP contribution in [0, 0.1) is 0 Å². The van der Waals surface area contributed by atoms with E-state index >= 15 is 0 Å². The highest BCUT2D eigenvalue weighted by Crippen LogP contribution is 2.23. The Morgan fingerprint density at radius 2 is 1.87 bits per heavy atom. The number of hydrogen-bond donors (Lipinski definition) is 1. The van der Waals surface area contributed by atoms with Crippen molar-refractivity contribution in [1.29, 1.82) is 0 Å². The predicted molar refractivity (Wildman–Crippen MR) is 88.2 cm³/mol. The number of rotatable bonds is 7. The molecule has 0 spiro atoms. The van der Waals surface area contributed by atoms with E-state index in [9.17, 15) is 4.79 Å². The number of carbonyl (C=O) groups is 1. The fourth-order valence-electron chi connectivity index (χ4n) is 2.38. The maximum Gasteiger partial charge on any atom is 0.307 e. The van der Waals surface area contributed by atoms with Gasteiger partial charge >= 0.3 is 5.97 Å². The van der Waals surface area contributed by atoms with Gasteiger partial charge in [0.2, 0.25) is 5.88 Å². The van der Waals surface area contributed by atoms with Crippen LogP contribution in [0.2, 0.25) is 0 Å². The Morgan fingerprint density at radius 3 is 2.43 bits per heavy atom.